The molecule has 3 heteroatoms. The second kappa shape index (κ2) is 17.1. The maximum Gasteiger partial charge on any atom is 0.179 e. The summed E-state index contributed by atoms with van der Waals surface area (Å²) >= 11 is 0. The fraction of sp³-hybridized carbons (Fsp3) is 0.0909. The third kappa shape index (κ3) is 6.89. The van der Waals surface area contributed by atoms with E-state index in [0.29, 0.717) is 0 Å². The molecule has 332 valence electrons. The van der Waals surface area contributed by atoms with E-state index in [2.05, 4.69) is 270 Å². The van der Waals surface area contributed by atoms with E-state index in [1.807, 2.05) is 0 Å². The molecule has 0 bridgehead atoms. The summed E-state index contributed by atoms with van der Waals surface area (Å²) in [5.74, 6) is 0. The lowest BCUT2D eigenvalue weighted by molar-refractivity contribution is 1.26. The molecule has 69 heavy (non-hydrogen) atoms. The fourth-order valence-corrected chi connectivity index (χ4v) is 25.7. The van der Waals surface area contributed by atoms with Crippen LogP contribution < -0.4 is 51.9 Å². The van der Waals surface area contributed by atoms with E-state index in [9.17, 15) is 0 Å². The van der Waals surface area contributed by atoms with Crippen LogP contribution in [0, 0.1) is 13.8 Å². The molecule has 2 aliphatic carbocycles. The Morgan fingerprint density at radius 2 is 0.551 bits per heavy atom. The number of rotatable bonds is 10. The Bertz CT molecular complexity index is 3080. The summed E-state index contributed by atoms with van der Waals surface area (Å²) in [5, 5.41) is 14.5. The molecule has 0 aliphatic heterocycles. The first-order valence-electron chi connectivity index (χ1n) is 24.7. The fourth-order valence-electron chi connectivity index (χ4n) is 12.7. The van der Waals surface area contributed by atoms with E-state index in [4.69, 9.17) is 0 Å². The Balaban J connectivity index is 1.00. The largest absolute Gasteiger partial charge is 0.179 e. The van der Waals surface area contributed by atoms with Gasteiger partial charge in [-0.3, -0.25) is 0 Å². The molecule has 0 amide bonds. The molecular formula is C66H56Si3. The van der Waals surface area contributed by atoms with Gasteiger partial charge in [-0.2, -0.15) is 0 Å². The molecule has 0 N–H and O–H groups in total. The molecule has 2 aliphatic rings. The standard InChI is InChI=1S/C66H56Si3/c1-47-39-61-59-45-57(68(51-23-11-5-12-24-51,52-25-13-6-14-26-52)53-27-15-7-16-28-53)37-35-49(59)43-63(61)65(41-47)67(3,4)66-42-48(2)40-62-60-46-58(38-36-50(60)44-64(62)66)69(54-29-17-8-18-30-54,55-31-19-9-20-32-55)56-33-21-10-22-34-56/h5-42,45-46H,43-44H2,1-4H3. The lowest BCUT2D eigenvalue weighted by Crippen LogP contribution is -2.74. The zero-order valence-electron chi connectivity index (χ0n) is 40.0. The van der Waals surface area contributed by atoms with E-state index in [1.54, 1.807) is 10.4 Å². The van der Waals surface area contributed by atoms with Crippen LogP contribution >= 0.6 is 0 Å². The van der Waals surface area contributed by atoms with Crippen LogP contribution in [-0.4, -0.2) is 24.2 Å². The van der Waals surface area contributed by atoms with Crippen molar-refractivity contribution in [3.63, 3.8) is 0 Å². The number of benzene rings is 10. The molecule has 12 rings (SSSR count). The molecule has 0 nitrogen and oxygen atoms in total. The van der Waals surface area contributed by atoms with Crippen molar-refractivity contribution in [2.24, 2.45) is 0 Å². The average Bonchev–Trinajstić information content (AvgIpc) is 3.96. The third-order valence-corrected chi connectivity index (χ3v) is 28.9. The van der Waals surface area contributed by atoms with Gasteiger partial charge in [0.05, 0.1) is 0 Å². The van der Waals surface area contributed by atoms with Crippen molar-refractivity contribution >= 4 is 76.1 Å². The van der Waals surface area contributed by atoms with Gasteiger partial charge in [-0.1, -0.05) is 277 Å². The highest BCUT2D eigenvalue weighted by Gasteiger charge is 2.44. The Labute approximate surface area is 411 Å². The van der Waals surface area contributed by atoms with Crippen molar-refractivity contribution in [3.05, 3.63) is 276 Å². The molecule has 0 radical (unpaired) electrons. The van der Waals surface area contributed by atoms with Gasteiger partial charge in [0, 0.05) is 0 Å². The summed E-state index contributed by atoms with van der Waals surface area (Å²) in [6.07, 6.45) is 1.94. The van der Waals surface area contributed by atoms with Gasteiger partial charge in [-0.05, 0) is 113 Å². The summed E-state index contributed by atoms with van der Waals surface area (Å²) < 4.78 is 0. The van der Waals surface area contributed by atoms with Crippen molar-refractivity contribution < 1.29 is 0 Å². The van der Waals surface area contributed by atoms with Gasteiger partial charge in [0.15, 0.2) is 16.1 Å². The molecule has 0 unspecified atom stereocenters. The van der Waals surface area contributed by atoms with Crippen LogP contribution in [0.2, 0.25) is 13.1 Å². The van der Waals surface area contributed by atoms with Crippen molar-refractivity contribution in [1.82, 2.24) is 0 Å². The van der Waals surface area contributed by atoms with Crippen molar-refractivity contribution in [2.45, 2.75) is 39.8 Å². The van der Waals surface area contributed by atoms with Gasteiger partial charge in [-0.25, -0.2) is 0 Å². The van der Waals surface area contributed by atoms with Crippen LogP contribution in [0.3, 0.4) is 0 Å². The van der Waals surface area contributed by atoms with Crippen molar-refractivity contribution in [1.29, 1.82) is 0 Å². The lowest BCUT2D eigenvalue weighted by atomic mass is 10.0. The lowest BCUT2D eigenvalue weighted by Gasteiger charge is -2.34. The third-order valence-electron chi connectivity index (χ3n) is 15.8. The number of fused-ring (bicyclic) bond motifs is 6. The van der Waals surface area contributed by atoms with Crippen LogP contribution in [-0.2, 0) is 12.8 Å². The van der Waals surface area contributed by atoms with Crippen molar-refractivity contribution in [2.75, 3.05) is 0 Å². The number of hydrogen-bond donors (Lipinski definition) is 0. The van der Waals surface area contributed by atoms with Gasteiger partial charge in [0.1, 0.15) is 8.07 Å². The second-order valence-electron chi connectivity index (χ2n) is 20.1. The van der Waals surface area contributed by atoms with Gasteiger partial charge in [0.25, 0.3) is 0 Å². The smallest absolute Gasteiger partial charge is 0.0623 e. The highest BCUT2D eigenvalue weighted by molar-refractivity contribution is 7.20. The minimum Gasteiger partial charge on any atom is -0.0623 e. The van der Waals surface area contributed by atoms with Crippen molar-refractivity contribution in [3.8, 4) is 22.3 Å². The van der Waals surface area contributed by atoms with Crippen LogP contribution in [0.15, 0.2) is 243 Å². The maximum absolute atomic E-state index is 2.69. The summed E-state index contributed by atoms with van der Waals surface area (Å²) in [4.78, 5) is 0. The molecule has 0 atom stereocenters. The highest BCUT2D eigenvalue weighted by atomic mass is 28.3. The highest BCUT2D eigenvalue weighted by Crippen LogP contribution is 2.40. The predicted octanol–water partition coefficient (Wildman–Crippen LogP) is 9.02. The van der Waals surface area contributed by atoms with Gasteiger partial charge in [-0.15, -0.1) is 0 Å². The first-order valence-corrected chi connectivity index (χ1v) is 31.7. The topological polar surface area (TPSA) is 0 Å². The van der Waals surface area contributed by atoms with E-state index in [0.717, 1.165) is 12.8 Å². The molecule has 0 saturated carbocycles. The van der Waals surface area contributed by atoms with E-state index in [1.165, 1.54) is 97.1 Å². The Hall–Kier alpha value is -7.15. The molecule has 0 aromatic heterocycles. The predicted molar refractivity (Wildman–Crippen MR) is 303 cm³/mol. The minimum absolute atomic E-state index is 0.969. The van der Waals surface area contributed by atoms with Crippen LogP contribution in [0.1, 0.15) is 33.4 Å². The first-order chi connectivity index (χ1) is 33.8. The van der Waals surface area contributed by atoms with Crippen LogP contribution in [0.5, 0.6) is 0 Å². The van der Waals surface area contributed by atoms with E-state index >= 15 is 0 Å². The molecule has 10 aromatic rings. The normalized spacial score (nSPS) is 12.8. The molecule has 0 fully saturated rings. The van der Waals surface area contributed by atoms with E-state index in [-0.39, 0.29) is 0 Å². The summed E-state index contributed by atoms with van der Waals surface area (Å²) in [6, 6.07) is 93.4. The quantitative estimate of drug-likeness (QED) is 0.0950. The molecule has 0 spiro atoms. The molecule has 0 heterocycles. The summed E-state index contributed by atoms with van der Waals surface area (Å²) in [7, 11) is -7.69. The van der Waals surface area contributed by atoms with Crippen LogP contribution in [0.4, 0.5) is 0 Å². The van der Waals surface area contributed by atoms with Crippen LogP contribution in [0.25, 0.3) is 22.3 Å². The summed E-state index contributed by atoms with van der Waals surface area (Å²) in [5.41, 5.74) is 14.3. The zero-order valence-corrected chi connectivity index (χ0v) is 43.0. The number of aryl methyl sites for hydroxylation is 2. The number of hydrogen-bond acceptors (Lipinski definition) is 0. The second-order valence-corrected chi connectivity index (χ2v) is 32.0. The minimum atomic E-state index is -2.69. The molecule has 0 saturated heterocycles. The van der Waals surface area contributed by atoms with Gasteiger partial charge >= 0.3 is 0 Å². The van der Waals surface area contributed by atoms with E-state index < -0.39 is 24.2 Å². The van der Waals surface area contributed by atoms with Gasteiger partial charge in [0.2, 0.25) is 0 Å². The monoisotopic (exact) mass is 932 g/mol. The first kappa shape index (κ1) is 43.2. The Morgan fingerprint density at radius 3 is 0.826 bits per heavy atom. The SMILES string of the molecule is Cc1cc2c(c([Si](C)(C)c3cc(C)cc4c3Cc3ccc([Si](c5ccccc5)(c5ccccc5)c5ccccc5)cc3-4)c1)Cc1ccc([Si](c3ccccc3)(c3ccccc3)c3ccccc3)cc1-2. The summed E-state index contributed by atoms with van der Waals surface area (Å²) in [6.45, 7) is 9.92. The Morgan fingerprint density at radius 1 is 0.275 bits per heavy atom. The van der Waals surface area contributed by atoms with Gasteiger partial charge < -0.3 is 0 Å². The molecule has 10 aromatic carbocycles. The zero-order chi connectivity index (χ0) is 46.7. The Kier molecular flexibility index (Phi) is 10.7. The average molecular weight is 933 g/mol. The maximum atomic E-state index is 2.64. The molecular weight excluding hydrogens is 877 g/mol.